The van der Waals surface area contributed by atoms with E-state index in [0.29, 0.717) is 6.04 Å². The minimum absolute atomic E-state index is 0.477. The highest BCUT2D eigenvalue weighted by molar-refractivity contribution is 7.10. The zero-order valence-corrected chi connectivity index (χ0v) is 9.66. The average Bonchev–Trinajstić information content (AvgIpc) is 2.65. The maximum absolute atomic E-state index is 3.58. The van der Waals surface area contributed by atoms with Crippen LogP contribution in [0.25, 0.3) is 0 Å². The van der Waals surface area contributed by atoms with Crippen LogP contribution in [0.15, 0.2) is 23.1 Å². The average molecular weight is 207 g/mol. The highest BCUT2D eigenvalue weighted by atomic mass is 32.1. The van der Waals surface area contributed by atoms with E-state index >= 15 is 0 Å². The molecule has 0 spiro atoms. The summed E-state index contributed by atoms with van der Waals surface area (Å²) in [5.74, 6) is 0. The molecule has 76 valence electrons. The Labute approximate surface area is 89.8 Å². The third kappa shape index (κ3) is 1.77. The molecule has 1 unspecified atom stereocenters. The van der Waals surface area contributed by atoms with E-state index in [0.717, 1.165) is 13.0 Å². The third-order valence-electron chi connectivity index (χ3n) is 2.77. The quantitative estimate of drug-likeness (QED) is 0.734. The lowest BCUT2D eigenvalue weighted by molar-refractivity contribution is 0.565. The first-order valence-electron chi connectivity index (χ1n) is 5.29. The predicted octanol–water partition coefficient (Wildman–Crippen LogP) is 3.29. The first-order chi connectivity index (χ1) is 6.83. The summed E-state index contributed by atoms with van der Waals surface area (Å²) < 4.78 is 0. The summed E-state index contributed by atoms with van der Waals surface area (Å²) in [4.78, 5) is 1.57. The van der Waals surface area contributed by atoms with Crippen LogP contribution in [0.4, 0.5) is 0 Å². The fourth-order valence-electron chi connectivity index (χ4n) is 2.10. The molecular weight excluding hydrogens is 190 g/mol. The summed E-state index contributed by atoms with van der Waals surface area (Å²) in [6, 6.07) is 2.74. The highest BCUT2D eigenvalue weighted by Gasteiger charge is 2.21. The molecule has 2 heterocycles. The van der Waals surface area contributed by atoms with Crippen LogP contribution in [0.5, 0.6) is 0 Å². The number of allylic oxidation sites excluding steroid dienone is 1. The van der Waals surface area contributed by atoms with E-state index in [1.54, 1.807) is 4.88 Å². The van der Waals surface area contributed by atoms with E-state index in [4.69, 9.17) is 0 Å². The number of rotatable bonds is 2. The van der Waals surface area contributed by atoms with Gasteiger partial charge in [0.2, 0.25) is 0 Å². The predicted molar refractivity (Wildman–Crippen MR) is 62.8 cm³/mol. The molecule has 1 aromatic rings. The lowest BCUT2D eigenvalue weighted by atomic mass is 9.96. The Morgan fingerprint density at radius 2 is 2.57 bits per heavy atom. The second-order valence-corrected chi connectivity index (χ2v) is 4.79. The lowest BCUT2D eigenvalue weighted by Crippen LogP contribution is -2.29. The van der Waals surface area contributed by atoms with Crippen LogP contribution in [-0.4, -0.2) is 6.54 Å². The van der Waals surface area contributed by atoms with Gasteiger partial charge in [0.05, 0.1) is 6.04 Å². The molecule has 0 fully saturated rings. The van der Waals surface area contributed by atoms with Gasteiger partial charge < -0.3 is 5.32 Å². The van der Waals surface area contributed by atoms with Crippen molar-refractivity contribution < 1.29 is 0 Å². The molecule has 2 heteroatoms. The molecule has 1 aliphatic rings. The first-order valence-corrected chi connectivity index (χ1v) is 6.17. The van der Waals surface area contributed by atoms with E-state index in [9.17, 15) is 0 Å². The Kier molecular flexibility index (Phi) is 3.04. The fraction of sp³-hybridized carbons (Fsp3) is 0.500. The van der Waals surface area contributed by atoms with Crippen molar-refractivity contribution in [2.45, 2.75) is 32.7 Å². The van der Waals surface area contributed by atoms with Gasteiger partial charge in [0.25, 0.3) is 0 Å². The van der Waals surface area contributed by atoms with E-state index < -0.39 is 0 Å². The van der Waals surface area contributed by atoms with Gasteiger partial charge in [0, 0.05) is 11.4 Å². The molecule has 1 N–H and O–H groups in total. The molecule has 1 nitrogen and oxygen atoms in total. The maximum Gasteiger partial charge on any atom is 0.0544 e. The number of hydrogen-bond donors (Lipinski definition) is 1. The van der Waals surface area contributed by atoms with Gasteiger partial charge in [-0.2, -0.15) is 0 Å². The van der Waals surface area contributed by atoms with Crippen molar-refractivity contribution in [1.82, 2.24) is 5.32 Å². The summed E-state index contributed by atoms with van der Waals surface area (Å²) in [7, 11) is 0. The zero-order valence-electron chi connectivity index (χ0n) is 8.84. The molecule has 14 heavy (non-hydrogen) atoms. The van der Waals surface area contributed by atoms with Gasteiger partial charge in [0.15, 0.2) is 0 Å². The summed E-state index contributed by atoms with van der Waals surface area (Å²) >= 11 is 1.90. The summed E-state index contributed by atoms with van der Waals surface area (Å²) in [6.07, 6.45) is 4.65. The third-order valence-corrected chi connectivity index (χ3v) is 3.77. The number of nitrogens with one attached hydrogen (secondary N) is 1. The minimum atomic E-state index is 0.477. The Morgan fingerprint density at radius 3 is 3.36 bits per heavy atom. The highest BCUT2D eigenvalue weighted by Crippen LogP contribution is 2.31. The van der Waals surface area contributed by atoms with Crippen molar-refractivity contribution in [3.05, 3.63) is 33.5 Å². The van der Waals surface area contributed by atoms with Crippen molar-refractivity contribution in [2.75, 3.05) is 6.54 Å². The summed E-state index contributed by atoms with van der Waals surface area (Å²) in [6.45, 7) is 5.54. The van der Waals surface area contributed by atoms with Crippen LogP contribution in [0, 0.1) is 0 Å². The van der Waals surface area contributed by atoms with Gasteiger partial charge in [-0.15, -0.1) is 11.3 Å². The largest absolute Gasteiger partial charge is 0.306 e. The Bertz CT molecular complexity index is 338. The molecule has 1 atom stereocenters. The van der Waals surface area contributed by atoms with Gasteiger partial charge in [-0.25, -0.2) is 0 Å². The normalized spacial score (nSPS) is 22.1. The van der Waals surface area contributed by atoms with Crippen LogP contribution in [0.1, 0.15) is 36.8 Å². The van der Waals surface area contributed by atoms with E-state index in [2.05, 4.69) is 36.7 Å². The van der Waals surface area contributed by atoms with Crippen LogP contribution in [-0.2, 0) is 6.42 Å². The second kappa shape index (κ2) is 4.28. The maximum atomic E-state index is 3.58. The van der Waals surface area contributed by atoms with Crippen LogP contribution >= 0.6 is 11.3 Å². The Hall–Kier alpha value is -0.600. The van der Waals surface area contributed by atoms with Crippen LogP contribution in [0.3, 0.4) is 0 Å². The van der Waals surface area contributed by atoms with Gasteiger partial charge in [-0.3, -0.25) is 0 Å². The van der Waals surface area contributed by atoms with Crippen molar-refractivity contribution in [3.63, 3.8) is 0 Å². The Morgan fingerprint density at radius 1 is 1.71 bits per heavy atom. The minimum Gasteiger partial charge on any atom is -0.306 e. The zero-order chi connectivity index (χ0) is 9.97. The number of hydrogen-bond acceptors (Lipinski definition) is 2. The summed E-state index contributed by atoms with van der Waals surface area (Å²) in [5, 5.41) is 5.80. The van der Waals surface area contributed by atoms with Crippen molar-refractivity contribution in [3.8, 4) is 0 Å². The van der Waals surface area contributed by atoms with Crippen molar-refractivity contribution in [1.29, 1.82) is 0 Å². The second-order valence-electron chi connectivity index (χ2n) is 3.79. The Balaban J connectivity index is 2.28. The molecular formula is C12H17NS. The first kappa shape index (κ1) is 9.94. The molecule has 0 bridgehead atoms. The number of fused-ring (bicyclic) bond motifs is 1. The van der Waals surface area contributed by atoms with Gasteiger partial charge >= 0.3 is 0 Å². The van der Waals surface area contributed by atoms with Gasteiger partial charge in [0.1, 0.15) is 0 Å². The van der Waals surface area contributed by atoms with Crippen molar-refractivity contribution >= 4 is 11.3 Å². The molecule has 0 saturated carbocycles. The van der Waals surface area contributed by atoms with Crippen LogP contribution in [0.2, 0.25) is 0 Å². The molecule has 0 radical (unpaired) electrons. The fourth-order valence-corrected chi connectivity index (χ4v) is 3.02. The van der Waals surface area contributed by atoms with Gasteiger partial charge in [-0.05, 0) is 36.8 Å². The molecule has 0 aliphatic carbocycles. The van der Waals surface area contributed by atoms with E-state index in [1.165, 1.54) is 17.6 Å². The molecule has 1 aliphatic heterocycles. The van der Waals surface area contributed by atoms with Crippen molar-refractivity contribution in [2.24, 2.45) is 0 Å². The molecule has 1 aromatic heterocycles. The van der Waals surface area contributed by atoms with Gasteiger partial charge in [-0.1, -0.05) is 18.6 Å². The topological polar surface area (TPSA) is 12.0 Å². The monoisotopic (exact) mass is 207 g/mol. The van der Waals surface area contributed by atoms with Crippen LogP contribution < -0.4 is 5.32 Å². The lowest BCUT2D eigenvalue weighted by Gasteiger charge is -2.25. The van der Waals surface area contributed by atoms with E-state index in [-0.39, 0.29) is 0 Å². The smallest absolute Gasteiger partial charge is 0.0544 e. The molecule has 2 rings (SSSR count). The molecule has 0 saturated heterocycles. The molecule has 0 aromatic carbocycles. The SMILES string of the molecule is CC/C=C(/C)C1NCCc2sccc21. The molecule has 0 amide bonds. The summed E-state index contributed by atoms with van der Waals surface area (Å²) in [5.41, 5.74) is 2.97. The van der Waals surface area contributed by atoms with E-state index in [1.807, 2.05) is 11.3 Å². The number of thiophene rings is 1. The standard InChI is InChI=1S/C12H17NS/c1-3-4-9(2)12-10-6-8-14-11(10)5-7-13-12/h4,6,8,12-13H,3,5,7H2,1-2H3/b9-4-.